The van der Waals surface area contributed by atoms with E-state index in [4.69, 9.17) is 4.74 Å². The molecule has 0 aliphatic carbocycles. The third-order valence-electron chi connectivity index (χ3n) is 9.23. The third-order valence-corrected chi connectivity index (χ3v) is 9.23. The number of benzene rings is 1. The molecule has 2 heterocycles. The number of nitrogens with zero attached hydrogens (tertiary/aromatic N) is 3. The quantitative estimate of drug-likeness (QED) is 0.213. The highest BCUT2D eigenvalue weighted by atomic mass is 19.1. The van der Waals surface area contributed by atoms with Crippen molar-refractivity contribution in [1.82, 2.24) is 20.0 Å². The molecule has 1 aromatic rings. The van der Waals surface area contributed by atoms with Crippen LogP contribution in [0, 0.1) is 11.7 Å². The average Bonchev–Trinajstić information content (AvgIpc) is 3.04. The summed E-state index contributed by atoms with van der Waals surface area (Å²) in [5.74, 6) is -0.681. The molecule has 3 rings (SSSR count). The van der Waals surface area contributed by atoms with Crippen LogP contribution in [-0.4, -0.2) is 110 Å². The summed E-state index contributed by atoms with van der Waals surface area (Å²) in [4.78, 5) is 31.4. The summed E-state index contributed by atoms with van der Waals surface area (Å²) in [5, 5.41) is 24.6. The molecular weight excluding hydrogens is 563 g/mol. The molecule has 0 bridgehead atoms. The minimum Gasteiger partial charge on any atom is -0.453 e. The topological polar surface area (TPSA) is 106 Å². The second-order valence-corrected chi connectivity index (χ2v) is 11.9. The third kappa shape index (κ3) is 9.36. The maximum absolute atomic E-state index is 15.8. The van der Waals surface area contributed by atoms with Crippen molar-refractivity contribution in [3.63, 3.8) is 0 Å². The van der Waals surface area contributed by atoms with Crippen LogP contribution in [-0.2, 0) is 15.1 Å². The van der Waals surface area contributed by atoms with Crippen LogP contribution in [0.2, 0.25) is 0 Å². The van der Waals surface area contributed by atoms with Crippen molar-refractivity contribution in [3.05, 3.63) is 52.9 Å². The first-order valence-corrected chi connectivity index (χ1v) is 16.2. The smallest absolute Gasteiger partial charge is 0.406 e. The van der Waals surface area contributed by atoms with Gasteiger partial charge >= 0.3 is 6.09 Å². The highest BCUT2D eigenvalue weighted by Crippen LogP contribution is 2.43. The fourth-order valence-corrected chi connectivity index (χ4v) is 6.53. The summed E-state index contributed by atoms with van der Waals surface area (Å²) in [6.45, 7) is 11.6. The van der Waals surface area contributed by atoms with E-state index in [1.54, 1.807) is 6.07 Å². The number of methoxy groups -OCH3 is 1. The van der Waals surface area contributed by atoms with Crippen LogP contribution in [0.15, 0.2) is 35.9 Å². The van der Waals surface area contributed by atoms with Gasteiger partial charge in [0.05, 0.1) is 25.9 Å². The number of halogens is 1. The number of carbonyl (C=O) groups excluding carboxylic acids is 2. The maximum atomic E-state index is 15.8. The number of β-amino-alcohol motifs (C(OH)–C–C–N with tert-alkyl or cyclic N) is 1. The summed E-state index contributed by atoms with van der Waals surface area (Å²) in [6.07, 6.45) is 7.22. The van der Waals surface area contributed by atoms with E-state index in [2.05, 4.69) is 29.0 Å². The SMILES string of the molecule is C/C=C(\C=C(CC)CC)c1c(F)cccc1[C@](O)(CCCNC(=O)OC)[C@@H]1CCCN(C(=O)CN2CCN(CCO)CC2)C1. The molecule has 246 valence electrons. The van der Waals surface area contributed by atoms with Gasteiger partial charge in [-0.2, -0.15) is 0 Å². The number of piperidine rings is 1. The Morgan fingerprint density at radius 2 is 1.84 bits per heavy atom. The number of alkyl carbamates (subject to hydrolysis) is 1. The van der Waals surface area contributed by atoms with E-state index in [0.717, 1.165) is 51.0 Å². The van der Waals surface area contributed by atoms with E-state index in [1.165, 1.54) is 18.7 Å². The highest BCUT2D eigenvalue weighted by molar-refractivity contribution is 5.79. The Labute approximate surface area is 262 Å². The van der Waals surface area contributed by atoms with E-state index < -0.39 is 17.5 Å². The van der Waals surface area contributed by atoms with Gasteiger partial charge in [0.1, 0.15) is 5.82 Å². The van der Waals surface area contributed by atoms with Crippen molar-refractivity contribution in [1.29, 1.82) is 0 Å². The lowest BCUT2D eigenvalue weighted by Crippen LogP contribution is -2.53. The molecule has 2 atom stereocenters. The lowest BCUT2D eigenvalue weighted by Gasteiger charge is -2.44. The molecule has 44 heavy (non-hydrogen) atoms. The van der Waals surface area contributed by atoms with E-state index in [1.807, 2.05) is 30.0 Å². The lowest BCUT2D eigenvalue weighted by molar-refractivity contribution is -0.138. The van der Waals surface area contributed by atoms with Gasteiger partial charge in [-0.3, -0.25) is 14.6 Å². The number of nitrogens with one attached hydrogen (secondary N) is 1. The van der Waals surface area contributed by atoms with Gasteiger partial charge in [-0.15, -0.1) is 0 Å². The number of aliphatic hydroxyl groups excluding tert-OH is 1. The predicted octanol–water partition coefficient (Wildman–Crippen LogP) is 4.15. The van der Waals surface area contributed by atoms with Crippen molar-refractivity contribution in [2.24, 2.45) is 5.92 Å². The van der Waals surface area contributed by atoms with Crippen LogP contribution in [0.25, 0.3) is 5.57 Å². The van der Waals surface area contributed by atoms with Gasteiger partial charge in [-0.05, 0) is 62.7 Å². The minimum absolute atomic E-state index is 0.0343. The Morgan fingerprint density at radius 3 is 2.48 bits per heavy atom. The van der Waals surface area contributed by atoms with Gasteiger partial charge in [-0.1, -0.05) is 43.7 Å². The van der Waals surface area contributed by atoms with Crippen molar-refractivity contribution in [2.45, 2.75) is 64.9 Å². The van der Waals surface area contributed by atoms with E-state index in [-0.39, 0.29) is 24.9 Å². The fourth-order valence-electron chi connectivity index (χ4n) is 6.53. The first kappa shape index (κ1) is 35.7. The van der Waals surface area contributed by atoms with Crippen LogP contribution in [0.3, 0.4) is 0 Å². The Bertz CT molecular complexity index is 1140. The Morgan fingerprint density at radius 1 is 1.14 bits per heavy atom. The van der Waals surface area contributed by atoms with Crippen LogP contribution in [0.1, 0.15) is 70.4 Å². The molecule has 2 amide bonds. The monoisotopic (exact) mass is 616 g/mol. The molecule has 0 spiro atoms. The molecule has 0 aromatic heterocycles. The molecule has 2 fully saturated rings. The summed E-state index contributed by atoms with van der Waals surface area (Å²) in [6, 6.07) is 4.89. The number of allylic oxidation sites excluding steroid dienone is 4. The van der Waals surface area contributed by atoms with Gasteiger partial charge in [-0.25, -0.2) is 9.18 Å². The summed E-state index contributed by atoms with van der Waals surface area (Å²) < 4.78 is 20.5. The minimum atomic E-state index is -1.44. The lowest BCUT2D eigenvalue weighted by atomic mass is 9.72. The number of hydrogen-bond acceptors (Lipinski definition) is 7. The van der Waals surface area contributed by atoms with Crippen LogP contribution < -0.4 is 5.32 Å². The molecule has 3 N–H and O–H groups in total. The molecule has 10 heteroatoms. The standard InChI is InChI=1S/C34H53FN4O5/c1-5-26(6-2)23-27(7-3)32-29(12-8-13-30(32)35)34(43,14-10-15-36-33(42)44-4)28-11-9-16-39(24-28)31(41)25-38-19-17-37(18-20-38)21-22-40/h7-8,12-13,23,28,40,43H,5-6,9-11,14-22,24-25H2,1-4H3,(H,36,42)/b27-7+/t28-,34+/m1/s1. The molecule has 2 aliphatic heterocycles. The number of amides is 2. The number of rotatable bonds is 14. The largest absolute Gasteiger partial charge is 0.453 e. The highest BCUT2D eigenvalue weighted by Gasteiger charge is 2.43. The van der Waals surface area contributed by atoms with E-state index in [0.29, 0.717) is 56.7 Å². The van der Waals surface area contributed by atoms with E-state index in [9.17, 15) is 19.8 Å². The van der Waals surface area contributed by atoms with Crippen molar-refractivity contribution >= 4 is 17.6 Å². The number of likely N-dealkylation sites (tertiary alicyclic amines) is 1. The first-order valence-electron chi connectivity index (χ1n) is 16.2. The number of piperazine rings is 1. The summed E-state index contributed by atoms with van der Waals surface area (Å²) in [5.41, 5.74) is 1.38. The number of aliphatic hydroxyl groups is 2. The molecule has 0 radical (unpaired) electrons. The molecule has 0 unspecified atom stereocenters. The van der Waals surface area contributed by atoms with Gasteiger partial charge in [0.25, 0.3) is 0 Å². The summed E-state index contributed by atoms with van der Waals surface area (Å²) >= 11 is 0. The Balaban J connectivity index is 1.90. The normalized spacial score (nSPS) is 19.8. The molecular formula is C34H53FN4O5. The number of ether oxygens (including phenoxy) is 1. The van der Waals surface area contributed by atoms with Gasteiger partial charge in [0.2, 0.25) is 5.91 Å². The van der Waals surface area contributed by atoms with Crippen LogP contribution in [0.4, 0.5) is 9.18 Å². The number of hydrogen-bond donors (Lipinski definition) is 3. The Kier molecular flexibility index (Phi) is 14.3. The first-order chi connectivity index (χ1) is 21.2. The molecule has 2 aliphatic rings. The zero-order chi connectivity index (χ0) is 32.1. The zero-order valence-corrected chi connectivity index (χ0v) is 27.1. The zero-order valence-electron chi connectivity index (χ0n) is 27.1. The maximum Gasteiger partial charge on any atom is 0.406 e. The molecule has 9 nitrogen and oxygen atoms in total. The van der Waals surface area contributed by atoms with Crippen LogP contribution in [0.5, 0.6) is 0 Å². The fraction of sp³-hybridized carbons (Fsp3) is 0.647. The van der Waals surface area contributed by atoms with Gasteiger partial charge in [0, 0.05) is 63.8 Å². The van der Waals surface area contributed by atoms with Crippen molar-refractivity contribution in [2.75, 3.05) is 72.6 Å². The molecule has 0 saturated carbocycles. The average molecular weight is 617 g/mol. The van der Waals surface area contributed by atoms with Crippen LogP contribution >= 0.6 is 0 Å². The van der Waals surface area contributed by atoms with Gasteiger partial charge < -0.3 is 25.2 Å². The molecule has 1 aromatic carbocycles. The second-order valence-electron chi connectivity index (χ2n) is 11.9. The van der Waals surface area contributed by atoms with E-state index >= 15 is 4.39 Å². The summed E-state index contributed by atoms with van der Waals surface area (Å²) in [7, 11) is 1.31. The van der Waals surface area contributed by atoms with Crippen molar-refractivity contribution in [3.8, 4) is 0 Å². The van der Waals surface area contributed by atoms with Gasteiger partial charge in [0.15, 0.2) is 0 Å². The van der Waals surface area contributed by atoms with Crippen molar-refractivity contribution < 1.29 is 28.9 Å². The number of carbonyl (C=O) groups is 2. The molecule has 2 saturated heterocycles. The predicted molar refractivity (Wildman–Crippen MR) is 172 cm³/mol. The second kappa shape index (κ2) is 17.6. The Hall–Kier alpha value is -2.79.